The zero-order valence-electron chi connectivity index (χ0n) is 11.0. The summed E-state index contributed by atoms with van der Waals surface area (Å²) in [6, 6.07) is 0.301. The van der Waals surface area contributed by atoms with Crippen LogP contribution in [0.2, 0.25) is 0 Å². The minimum absolute atomic E-state index is 0.301. The van der Waals surface area contributed by atoms with Gasteiger partial charge in [-0.3, -0.25) is 0 Å². The van der Waals surface area contributed by atoms with E-state index in [0.29, 0.717) is 17.9 Å². The number of hydrogen-bond donors (Lipinski definition) is 1. The van der Waals surface area contributed by atoms with Crippen LogP contribution >= 0.6 is 11.8 Å². The molecule has 1 fully saturated rings. The summed E-state index contributed by atoms with van der Waals surface area (Å²) >= 11 is 1.85. The molecule has 1 saturated heterocycles. The second kappa shape index (κ2) is 7.11. The van der Waals surface area contributed by atoms with Crippen LogP contribution in [0.25, 0.3) is 0 Å². The maximum atomic E-state index is 5.40. The number of nitrogens with zero attached hydrogens (tertiary/aromatic N) is 2. The van der Waals surface area contributed by atoms with E-state index in [-0.39, 0.29) is 0 Å². The van der Waals surface area contributed by atoms with Crippen molar-refractivity contribution in [3.05, 3.63) is 11.7 Å². The van der Waals surface area contributed by atoms with Crippen LogP contribution in [-0.4, -0.2) is 41.7 Å². The minimum Gasteiger partial charge on any atom is -0.378 e. The quantitative estimate of drug-likeness (QED) is 0.846. The largest absolute Gasteiger partial charge is 0.378 e. The molecule has 0 amide bonds. The monoisotopic (exact) mass is 271 g/mol. The lowest BCUT2D eigenvalue weighted by molar-refractivity contribution is 0.0744. The molecule has 1 unspecified atom stereocenters. The average Bonchev–Trinajstić information content (AvgIpc) is 2.78. The van der Waals surface area contributed by atoms with Gasteiger partial charge in [-0.25, -0.2) is 0 Å². The molecule has 1 atom stereocenters. The summed E-state index contributed by atoms with van der Waals surface area (Å²) in [5.74, 6) is 4.16. The second-order valence-corrected chi connectivity index (χ2v) is 5.97. The van der Waals surface area contributed by atoms with E-state index in [1.54, 1.807) is 0 Å². The summed E-state index contributed by atoms with van der Waals surface area (Å²) in [6.45, 7) is 6.83. The zero-order chi connectivity index (χ0) is 12.8. The van der Waals surface area contributed by atoms with E-state index >= 15 is 0 Å². The van der Waals surface area contributed by atoms with Crippen LogP contribution in [0.4, 0.5) is 0 Å². The van der Waals surface area contributed by atoms with Gasteiger partial charge in [0.25, 0.3) is 0 Å². The maximum absolute atomic E-state index is 5.40. The second-order valence-electron chi connectivity index (χ2n) is 4.94. The van der Waals surface area contributed by atoms with Crippen LogP contribution in [0.5, 0.6) is 0 Å². The van der Waals surface area contributed by atoms with Crippen LogP contribution < -0.4 is 5.32 Å². The molecule has 0 bridgehead atoms. The number of thioether (sulfide) groups is 1. The molecule has 1 N–H and O–H groups in total. The molecule has 1 aromatic rings. The van der Waals surface area contributed by atoms with Gasteiger partial charge in [0.1, 0.15) is 0 Å². The highest BCUT2D eigenvalue weighted by atomic mass is 32.2. The molecular formula is C12H21N3O2S. The highest BCUT2D eigenvalue weighted by Gasteiger charge is 2.17. The Morgan fingerprint density at radius 2 is 2.39 bits per heavy atom. The molecule has 0 spiro atoms. The first-order chi connectivity index (χ1) is 8.74. The predicted octanol–water partition coefficient (Wildman–Crippen LogP) is 1.49. The van der Waals surface area contributed by atoms with E-state index in [9.17, 15) is 0 Å². The predicted molar refractivity (Wildman–Crippen MR) is 71.6 cm³/mol. The number of morpholine rings is 1. The number of aromatic nitrogens is 2. The molecule has 1 aliphatic heterocycles. The van der Waals surface area contributed by atoms with Gasteiger partial charge in [0, 0.05) is 19.0 Å². The maximum Gasteiger partial charge on any atom is 0.228 e. The van der Waals surface area contributed by atoms with E-state index in [1.807, 2.05) is 11.8 Å². The van der Waals surface area contributed by atoms with E-state index < -0.39 is 0 Å². The fraction of sp³-hybridized carbons (Fsp3) is 0.833. The Labute approximate surface area is 112 Å². The molecule has 1 aromatic heterocycles. The summed E-state index contributed by atoms with van der Waals surface area (Å²) in [4.78, 5) is 4.41. The Bertz CT molecular complexity index is 351. The molecule has 102 valence electrons. The Morgan fingerprint density at radius 3 is 3.11 bits per heavy atom. The van der Waals surface area contributed by atoms with Gasteiger partial charge in [-0.15, -0.1) is 0 Å². The Morgan fingerprint density at radius 1 is 1.50 bits per heavy atom. The van der Waals surface area contributed by atoms with Crippen LogP contribution in [0, 0.1) is 5.92 Å². The molecule has 2 heterocycles. The van der Waals surface area contributed by atoms with Crippen molar-refractivity contribution in [3.63, 3.8) is 0 Å². The van der Waals surface area contributed by atoms with Crippen molar-refractivity contribution in [2.75, 3.05) is 25.5 Å². The number of hydrogen-bond acceptors (Lipinski definition) is 6. The van der Waals surface area contributed by atoms with Crippen molar-refractivity contribution < 1.29 is 9.26 Å². The number of rotatable bonds is 6. The summed E-state index contributed by atoms with van der Waals surface area (Å²) in [5, 5.41) is 7.38. The van der Waals surface area contributed by atoms with E-state index in [1.165, 1.54) is 0 Å². The van der Waals surface area contributed by atoms with Crippen molar-refractivity contribution in [3.8, 4) is 0 Å². The summed E-state index contributed by atoms with van der Waals surface area (Å²) in [6.07, 6.45) is 0.752. The van der Waals surface area contributed by atoms with Crippen molar-refractivity contribution in [2.24, 2.45) is 5.92 Å². The number of nitrogens with one attached hydrogen (secondary N) is 1. The minimum atomic E-state index is 0.301. The first kappa shape index (κ1) is 13.8. The normalized spacial score (nSPS) is 20.5. The Balaban J connectivity index is 1.74. The van der Waals surface area contributed by atoms with Crippen LogP contribution in [-0.2, 0) is 16.9 Å². The smallest absolute Gasteiger partial charge is 0.228 e. The third kappa shape index (κ3) is 4.59. The highest BCUT2D eigenvalue weighted by Crippen LogP contribution is 2.13. The van der Waals surface area contributed by atoms with Gasteiger partial charge in [-0.1, -0.05) is 19.0 Å². The van der Waals surface area contributed by atoms with Crippen molar-refractivity contribution in [2.45, 2.75) is 32.1 Å². The zero-order valence-corrected chi connectivity index (χ0v) is 11.8. The summed E-state index contributed by atoms with van der Waals surface area (Å²) in [5.41, 5.74) is 0. The van der Waals surface area contributed by atoms with Crippen LogP contribution in [0.15, 0.2) is 4.52 Å². The van der Waals surface area contributed by atoms with E-state index in [0.717, 1.165) is 43.5 Å². The SMILES string of the molecule is CC(C)CSCc1noc(CC2COCCN2)n1. The van der Waals surface area contributed by atoms with Crippen LogP contribution in [0.1, 0.15) is 25.6 Å². The Kier molecular flexibility index (Phi) is 5.46. The fourth-order valence-electron chi connectivity index (χ4n) is 1.78. The molecule has 6 heteroatoms. The lowest BCUT2D eigenvalue weighted by atomic mass is 10.2. The van der Waals surface area contributed by atoms with E-state index in [2.05, 4.69) is 29.3 Å². The summed E-state index contributed by atoms with van der Waals surface area (Å²) in [7, 11) is 0. The molecule has 0 saturated carbocycles. The van der Waals surface area contributed by atoms with E-state index in [4.69, 9.17) is 9.26 Å². The Hall–Kier alpha value is -0.590. The van der Waals surface area contributed by atoms with Gasteiger partial charge in [-0.05, 0) is 11.7 Å². The van der Waals surface area contributed by atoms with Crippen molar-refractivity contribution >= 4 is 11.8 Å². The van der Waals surface area contributed by atoms with Gasteiger partial charge in [0.05, 0.1) is 19.0 Å². The van der Waals surface area contributed by atoms with Gasteiger partial charge in [0.15, 0.2) is 5.82 Å². The third-order valence-electron chi connectivity index (χ3n) is 2.61. The average molecular weight is 271 g/mol. The molecule has 0 radical (unpaired) electrons. The van der Waals surface area contributed by atoms with Gasteiger partial charge in [0.2, 0.25) is 5.89 Å². The topological polar surface area (TPSA) is 60.2 Å². The molecule has 5 nitrogen and oxygen atoms in total. The van der Waals surface area contributed by atoms with Crippen LogP contribution in [0.3, 0.4) is 0 Å². The van der Waals surface area contributed by atoms with Crippen molar-refractivity contribution in [1.29, 1.82) is 0 Å². The first-order valence-corrected chi connectivity index (χ1v) is 7.60. The molecule has 18 heavy (non-hydrogen) atoms. The molecule has 0 aromatic carbocycles. The van der Waals surface area contributed by atoms with Gasteiger partial charge >= 0.3 is 0 Å². The molecule has 2 rings (SSSR count). The van der Waals surface area contributed by atoms with Gasteiger partial charge in [-0.2, -0.15) is 16.7 Å². The fourth-order valence-corrected chi connectivity index (χ4v) is 2.67. The molecule has 1 aliphatic rings. The summed E-state index contributed by atoms with van der Waals surface area (Å²) < 4.78 is 10.7. The highest BCUT2D eigenvalue weighted by molar-refractivity contribution is 7.98. The lowest BCUT2D eigenvalue weighted by Crippen LogP contribution is -2.42. The molecular weight excluding hydrogens is 250 g/mol. The number of ether oxygens (including phenoxy) is 1. The third-order valence-corrected chi connectivity index (χ3v) is 3.98. The standard InChI is InChI=1S/C12H21N3O2S/c1-9(2)7-18-8-11-14-12(17-15-11)5-10-6-16-4-3-13-10/h9-10,13H,3-8H2,1-2H3. The lowest BCUT2D eigenvalue weighted by Gasteiger charge is -2.22. The van der Waals surface area contributed by atoms with Crippen molar-refractivity contribution in [1.82, 2.24) is 15.5 Å². The molecule has 0 aliphatic carbocycles. The van der Waals surface area contributed by atoms with Gasteiger partial charge < -0.3 is 14.6 Å². The first-order valence-electron chi connectivity index (χ1n) is 6.44.